The molecule has 0 radical (unpaired) electrons. The minimum absolute atomic E-state index is 0.205. The number of halogens is 1. The highest BCUT2D eigenvalue weighted by molar-refractivity contribution is 5.82. The van der Waals surface area contributed by atoms with Crippen molar-refractivity contribution in [1.29, 1.82) is 0 Å². The Morgan fingerprint density at radius 1 is 0.971 bits per heavy atom. The van der Waals surface area contributed by atoms with E-state index in [-0.39, 0.29) is 5.82 Å². The number of hydrogen-bond donors (Lipinski definition) is 1. The molecule has 34 heavy (non-hydrogen) atoms. The minimum atomic E-state index is -0.205. The Morgan fingerprint density at radius 3 is 2.00 bits per heavy atom. The van der Waals surface area contributed by atoms with Gasteiger partial charge in [-0.15, -0.1) is 0 Å². The topological polar surface area (TPSA) is 48.0 Å². The van der Waals surface area contributed by atoms with E-state index < -0.39 is 0 Å². The fraction of sp³-hybridized carbons (Fsp3) is 0.233. The van der Waals surface area contributed by atoms with E-state index in [1.54, 1.807) is 6.08 Å². The number of carbonyl (C=O) groups excluding carboxylic acids is 1. The first-order valence-corrected chi connectivity index (χ1v) is 11.4. The largest absolute Gasteiger partial charge is 0.402 e. The Balaban J connectivity index is 0.000000769. The quantitative estimate of drug-likeness (QED) is 0.390. The second-order valence-corrected chi connectivity index (χ2v) is 7.45. The summed E-state index contributed by atoms with van der Waals surface area (Å²) >= 11 is 0. The van der Waals surface area contributed by atoms with Gasteiger partial charge in [-0.1, -0.05) is 82.8 Å². The summed E-state index contributed by atoms with van der Waals surface area (Å²) in [7, 11) is 2.08. The van der Waals surface area contributed by atoms with Gasteiger partial charge in [0.1, 0.15) is 12.6 Å². The first-order valence-electron chi connectivity index (χ1n) is 11.4. The Hall–Kier alpha value is -3.66. The van der Waals surface area contributed by atoms with Crippen LogP contribution in [0.1, 0.15) is 46.2 Å². The minimum Gasteiger partial charge on any atom is -0.402 e. The molecule has 182 valence electrons. The zero-order valence-electron chi connectivity index (χ0n) is 21.4. The molecular weight excluding hydrogens is 423 g/mol. The average Bonchev–Trinajstić information content (AvgIpc) is 3.20. The smallest absolute Gasteiger partial charge is 0.123 e. The van der Waals surface area contributed by atoms with Crippen LogP contribution in [0, 0.1) is 5.82 Å². The maximum Gasteiger partial charge on any atom is 0.123 e. The number of carbonyl (C=O) groups is 1. The maximum atomic E-state index is 13.3. The van der Waals surface area contributed by atoms with Crippen molar-refractivity contribution in [2.75, 3.05) is 0 Å². The lowest BCUT2D eigenvalue weighted by Crippen LogP contribution is -2.00. The van der Waals surface area contributed by atoms with Crippen molar-refractivity contribution < 1.29 is 9.18 Å². The third kappa shape index (κ3) is 9.45. The molecule has 0 aliphatic rings. The summed E-state index contributed by atoms with van der Waals surface area (Å²) in [5.74, 6) is 0.227. The second kappa shape index (κ2) is 16.9. The van der Waals surface area contributed by atoms with Gasteiger partial charge in [-0.2, -0.15) is 0 Å². The van der Waals surface area contributed by atoms with Crippen molar-refractivity contribution >= 4 is 6.79 Å². The molecule has 2 aromatic carbocycles. The highest BCUT2D eigenvalue weighted by Gasteiger charge is 2.17. The van der Waals surface area contributed by atoms with Gasteiger partial charge in [0.05, 0.1) is 5.69 Å². The van der Waals surface area contributed by atoms with E-state index in [1.165, 1.54) is 29.0 Å². The molecule has 0 saturated carbocycles. The molecule has 0 bridgehead atoms. The predicted octanol–water partition coefficient (Wildman–Crippen LogP) is 8.05. The number of nitrogens with zero attached hydrogens (tertiary/aromatic N) is 1. The molecule has 2 N–H and O–H groups in total. The van der Waals surface area contributed by atoms with Crippen LogP contribution in [-0.2, 0) is 11.8 Å². The zero-order chi connectivity index (χ0) is 26.1. The van der Waals surface area contributed by atoms with Gasteiger partial charge in [-0.05, 0) is 60.4 Å². The molecule has 4 heteroatoms. The van der Waals surface area contributed by atoms with Crippen molar-refractivity contribution in [2.24, 2.45) is 12.8 Å². The van der Waals surface area contributed by atoms with Gasteiger partial charge in [0.25, 0.3) is 0 Å². The Labute approximate surface area is 205 Å². The number of rotatable bonds is 5. The monoisotopic (exact) mass is 462 g/mol. The fourth-order valence-corrected chi connectivity index (χ4v) is 3.26. The molecule has 0 saturated heterocycles. The Morgan fingerprint density at radius 2 is 1.53 bits per heavy atom. The van der Waals surface area contributed by atoms with Crippen LogP contribution in [0.4, 0.5) is 4.39 Å². The molecule has 0 amide bonds. The van der Waals surface area contributed by atoms with Gasteiger partial charge in [0.15, 0.2) is 0 Å². The van der Waals surface area contributed by atoms with Crippen molar-refractivity contribution in [3.05, 3.63) is 109 Å². The lowest BCUT2D eigenvalue weighted by molar-refractivity contribution is -0.0979. The predicted molar refractivity (Wildman–Crippen MR) is 146 cm³/mol. The number of hydrogen-bond acceptors (Lipinski definition) is 2. The van der Waals surface area contributed by atoms with Crippen LogP contribution < -0.4 is 5.73 Å². The number of allylic oxidation sites excluding steroid dienone is 5. The van der Waals surface area contributed by atoms with E-state index in [0.717, 1.165) is 17.0 Å². The van der Waals surface area contributed by atoms with Gasteiger partial charge in [0, 0.05) is 24.0 Å². The molecule has 3 rings (SSSR count). The van der Waals surface area contributed by atoms with E-state index in [2.05, 4.69) is 50.2 Å². The van der Waals surface area contributed by atoms with Gasteiger partial charge >= 0.3 is 0 Å². The van der Waals surface area contributed by atoms with Crippen LogP contribution in [0.15, 0.2) is 97.2 Å². The standard InChI is InChI=1S/C20H20FN.C7H11N.C2H6.CH2O/c1-14(2)19-13-18(15-7-5-4-6-8-15)20(22(19)3)16-9-11-17(21)12-10-16;1-3-4-5-6-7(2)8;2*1-2/h4-14H,1-3H3;3-6H,1,8H2,2H3;1-2H3;1H2/b;5-4-,7-6+;;. The van der Waals surface area contributed by atoms with E-state index in [1.807, 2.05) is 76.1 Å². The van der Waals surface area contributed by atoms with E-state index in [4.69, 9.17) is 10.5 Å². The van der Waals surface area contributed by atoms with Gasteiger partial charge in [-0.25, -0.2) is 4.39 Å². The maximum absolute atomic E-state index is 13.3. The molecule has 0 aliphatic heterocycles. The third-order valence-electron chi connectivity index (χ3n) is 4.67. The van der Waals surface area contributed by atoms with Crippen molar-refractivity contribution in [2.45, 2.75) is 40.5 Å². The summed E-state index contributed by atoms with van der Waals surface area (Å²) in [6.07, 6.45) is 7.21. The zero-order valence-corrected chi connectivity index (χ0v) is 21.4. The van der Waals surface area contributed by atoms with Gasteiger partial charge in [0.2, 0.25) is 0 Å². The Kier molecular flexibility index (Phi) is 15.1. The van der Waals surface area contributed by atoms with Crippen LogP contribution in [0.25, 0.3) is 22.4 Å². The van der Waals surface area contributed by atoms with Crippen LogP contribution in [-0.4, -0.2) is 11.4 Å². The third-order valence-corrected chi connectivity index (χ3v) is 4.67. The summed E-state index contributed by atoms with van der Waals surface area (Å²) in [6, 6.07) is 19.3. The first-order chi connectivity index (χ1) is 16.3. The molecule has 0 fully saturated rings. The van der Waals surface area contributed by atoms with Crippen molar-refractivity contribution in [3.63, 3.8) is 0 Å². The molecule has 0 atom stereocenters. The highest BCUT2D eigenvalue weighted by Crippen LogP contribution is 2.36. The summed E-state index contributed by atoms with van der Waals surface area (Å²) in [6.45, 7) is 15.7. The lowest BCUT2D eigenvalue weighted by atomic mass is 10.0. The molecule has 3 aromatic rings. The van der Waals surface area contributed by atoms with Gasteiger partial charge in [-0.3, -0.25) is 0 Å². The van der Waals surface area contributed by atoms with E-state index in [9.17, 15) is 4.39 Å². The molecule has 1 heterocycles. The van der Waals surface area contributed by atoms with E-state index >= 15 is 0 Å². The van der Waals surface area contributed by atoms with Crippen LogP contribution in [0.5, 0.6) is 0 Å². The van der Waals surface area contributed by atoms with Crippen LogP contribution in [0.2, 0.25) is 0 Å². The first kappa shape index (κ1) is 30.3. The van der Waals surface area contributed by atoms with E-state index in [0.29, 0.717) is 5.92 Å². The number of aromatic nitrogens is 1. The molecule has 1 aromatic heterocycles. The van der Waals surface area contributed by atoms with Crippen LogP contribution in [0.3, 0.4) is 0 Å². The molecular formula is C30H39FN2O. The number of benzene rings is 2. The molecule has 0 unspecified atom stereocenters. The number of nitrogens with two attached hydrogens (primary N) is 1. The highest BCUT2D eigenvalue weighted by atomic mass is 19.1. The Bertz CT molecular complexity index is 1030. The van der Waals surface area contributed by atoms with Crippen molar-refractivity contribution in [3.8, 4) is 22.4 Å². The molecule has 0 aliphatic carbocycles. The molecule has 3 nitrogen and oxygen atoms in total. The van der Waals surface area contributed by atoms with Gasteiger partial charge < -0.3 is 15.1 Å². The summed E-state index contributed by atoms with van der Waals surface area (Å²) in [4.78, 5) is 8.00. The molecule has 0 spiro atoms. The average molecular weight is 463 g/mol. The summed E-state index contributed by atoms with van der Waals surface area (Å²) in [5.41, 5.74) is 11.9. The normalized spacial score (nSPS) is 10.4. The second-order valence-electron chi connectivity index (χ2n) is 7.45. The fourth-order valence-electron chi connectivity index (χ4n) is 3.26. The SMILES string of the molecule is C=C/C=C\C=C(/C)N.C=O.CC.CC(C)c1cc(-c2ccccc2)c(-c2ccc(F)cc2)n1C. The van der Waals surface area contributed by atoms with Crippen LogP contribution >= 0.6 is 0 Å². The van der Waals surface area contributed by atoms with Crippen molar-refractivity contribution in [1.82, 2.24) is 4.57 Å². The summed E-state index contributed by atoms with van der Waals surface area (Å²) < 4.78 is 15.5. The summed E-state index contributed by atoms with van der Waals surface area (Å²) in [5, 5.41) is 0. The lowest BCUT2D eigenvalue weighted by Gasteiger charge is -2.11.